The van der Waals surface area contributed by atoms with Gasteiger partial charge in [0.05, 0.1) is 18.9 Å². The minimum absolute atomic E-state index is 0.0878. The second-order valence-electron chi connectivity index (χ2n) is 5.24. The number of nitrogens with zero attached hydrogens (tertiary/aromatic N) is 3. The maximum Gasteiger partial charge on any atom is 0.221 e. The first kappa shape index (κ1) is 13.7. The first-order chi connectivity index (χ1) is 9.57. The monoisotopic (exact) mass is 298 g/mol. The lowest BCUT2D eigenvalue weighted by atomic mass is 9.96. The Morgan fingerprint density at radius 1 is 1.40 bits per heavy atom. The summed E-state index contributed by atoms with van der Waals surface area (Å²) in [7, 11) is -3.24. The third kappa shape index (κ3) is 2.50. The van der Waals surface area contributed by atoms with Gasteiger partial charge in [0, 0.05) is 25.2 Å². The van der Waals surface area contributed by atoms with E-state index in [0.29, 0.717) is 26.3 Å². The van der Waals surface area contributed by atoms with Gasteiger partial charge in [-0.2, -0.15) is 0 Å². The Labute approximate surface area is 118 Å². The van der Waals surface area contributed by atoms with E-state index in [1.807, 2.05) is 6.07 Å². The van der Waals surface area contributed by atoms with Crippen LogP contribution in [-0.2, 0) is 14.8 Å². The zero-order valence-corrected chi connectivity index (χ0v) is 11.9. The molecule has 2 saturated heterocycles. The number of nitrogen functional groups attached to an aromatic ring is 1. The molecule has 1 atom stereocenters. The first-order valence-electron chi connectivity index (χ1n) is 6.72. The molecule has 2 aliphatic rings. The van der Waals surface area contributed by atoms with Crippen LogP contribution in [0.3, 0.4) is 0 Å². The number of sulfonamides is 1. The van der Waals surface area contributed by atoms with Gasteiger partial charge in [0.2, 0.25) is 16.0 Å². The van der Waals surface area contributed by atoms with E-state index in [1.165, 1.54) is 0 Å². The lowest BCUT2D eigenvalue weighted by Crippen LogP contribution is -2.51. The maximum absolute atomic E-state index is 12.4. The first-order valence-corrected chi connectivity index (χ1v) is 8.23. The summed E-state index contributed by atoms with van der Waals surface area (Å²) in [5.41, 5.74) is 6.42. The summed E-state index contributed by atoms with van der Waals surface area (Å²) < 4.78 is 31.4. The molecule has 0 bridgehead atoms. The quantitative estimate of drug-likeness (QED) is 0.841. The van der Waals surface area contributed by atoms with E-state index in [0.717, 1.165) is 18.5 Å². The van der Waals surface area contributed by atoms with Crippen LogP contribution in [0.15, 0.2) is 12.3 Å². The molecule has 7 nitrogen and oxygen atoms in total. The summed E-state index contributed by atoms with van der Waals surface area (Å²) in [5.74, 6) is 0.319. The largest absolute Gasteiger partial charge is 0.378 e. The Hall–Kier alpha value is -1.25. The number of nitrogens with two attached hydrogens (primary N) is 1. The van der Waals surface area contributed by atoms with Crippen LogP contribution < -0.4 is 5.73 Å². The Morgan fingerprint density at radius 3 is 2.85 bits per heavy atom. The Kier molecular flexibility index (Phi) is 3.61. The second kappa shape index (κ2) is 5.27. The summed E-state index contributed by atoms with van der Waals surface area (Å²) in [6.45, 7) is 1.67. The molecular formula is C12H18N4O3S. The van der Waals surface area contributed by atoms with Crippen LogP contribution >= 0.6 is 0 Å². The number of hydrogen-bond donors (Lipinski definition) is 1. The fourth-order valence-electron chi connectivity index (χ4n) is 2.63. The molecule has 1 unspecified atom stereocenters. The fourth-order valence-corrected chi connectivity index (χ4v) is 4.36. The maximum atomic E-state index is 12.4. The minimum atomic E-state index is -3.24. The Morgan fingerprint density at radius 2 is 2.20 bits per heavy atom. The fraction of sp³-hybridized carbons (Fsp3) is 0.667. The molecule has 1 aromatic rings. The van der Waals surface area contributed by atoms with E-state index in [2.05, 4.69) is 9.97 Å². The molecule has 2 aliphatic heterocycles. The molecule has 8 heteroatoms. The highest BCUT2D eigenvalue weighted by molar-refractivity contribution is 7.89. The predicted molar refractivity (Wildman–Crippen MR) is 73.5 cm³/mol. The summed E-state index contributed by atoms with van der Waals surface area (Å²) in [6, 6.07) is 1.81. The van der Waals surface area contributed by atoms with Gasteiger partial charge >= 0.3 is 0 Å². The van der Waals surface area contributed by atoms with Crippen LogP contribution in [0.1, 0.15) is 24.5 Å². The van der Waals surface area contributed by atoms with Crippen molar-refractivity contribution in [2.24, 2.45) is 0 Å². The topological polar surface area (TPSA) is 98.4 Å². The number of piperidine rings is 1. The average molecular weight is 298 g/mol. The van der Waals surface area contributed by atoms with Gasteiger partial charge < -0.3 is 10.5 Å². The Bertz CT molecular complexity index is 588. The van der Waals surface area contributed by atoms with Crippen LogP contribution in [0, 0.1) is 0 Å². The van der Waals surface area contributed by atoms with Crippen molar-refractivity contribution in [3.63, 3.8) is 0 Å². The van der Waals surface area contributed by atoms with Crippen molar-refractivity contribution in [2.75, 3.05) is 32.0 Å². The van der Waals surface area contributed by atoms with Crippen molar-refractivity contribution in [3.05, 3.63) is 18.0 Å². The molecule has 2 fully saturated rings. The van der Waals surface area contributed by atoms with Crippen molar-refractivity contribution < 1.29 is 13.2 Å². The highest BCUT2D eigenvalue weighted by Crippen LogP contribution is 2.29. The van der Waals surface area contributed by atoms with Crippen molar-refractivity contribution in [2.45, 2.75) is 24.0 Å². The van der Waals surface area contributed by atoms with E-state index in [-0.39, 0.29) is 17.1 Å². The molecular weight excluding hydrogens is 280 g/mol. The molecule has 2 N–H and O–H groups in total. The molecule has 110 valence electrons. The van der Waals surface area contributed by atoms with Gasteiger partial charge in [-0.15, -0.1) is 0 Å². The highest BCUT2D eigenvalue weighted by atomic mass is 32.2. The Balaban J connectivity index is 1.76. The third-order valence-corrected chi connectivity index (χ3v) is 6.05. The SMILES string of the molecule is Nc1nccc(C2CCCN(S(=O)(=O)C3COC3)C2)n1. The van der Waals surface area contributed by atoms with Crippen LogP contribution in [0.5, 0.6) is 0 Å². The molecule has 0 radical (unpaired) electrons. The smallest absolute Gasteiger partial charge is 0.221 e. The van der Waals surface area contributed by atoms with Gasteiger partial charge in [-0.25, -0.2) is 22.7 Å². The summed E-state index contributed by atoms with van der Waals surface area (Å²) >= 11 is 0. The third-order valence-electron chi connectivity index (χ3n) is 3.89. The van der Waals surface area contributed by atoms with Crippen LogP contribution in [0.2, 0.25) is 0 Å². The van der Waals surface area contributed by atoms with E-state index < -0.39 is 10.0 Å². The van der Waals surface area contributed by atoms with E-state index in [1.54, 1.807) is 10.5 Å². The van der Waals surface area contributed by atoms with Gasteiger partial charge in [0.1, 0.15) is 5.25 Å². The normalized spacial score (nSPS) is 25.3. The van der Waals surface area contributed by atoms with Crippen LogP contribution in [0.25, 0.3) is 0 Å². The van der Waals surface area contributed by atoms with E-state index in [9.17, 15) is 8.42 Å². The second-order valence-corrected chi connectivity index (χ2v) is 7.45. The molecule has 0 aliphatic carbocycles. The molecule has 3 rings (SSSR count). The number of hydrogen-bond acceptors (Lipinski definition) is 6. The van der Waals surface area contributed by atoms with E-state index in [4.69, 9.17) is 10.5 Å². The van der Waals surface area contributed by atoms with Gasteiger partial charge in [0.15, 0.2) is 0 Å². The van der Waals surface area contributed by atoms with Gasteiger partial charge in [-0.05, 0) is 18.9 Å². The molecule has 1 aromatic heterocycles. The van der Waals surface area contributed by atoms with Crippen LogP contribution in [0.4, 0.5) is 5.95 Å². The van der Waals surface area contributed by atoms with E-state index >= 15 is 0 Å². The lowest BCUT2D eigenvalue weighted by Gasteiger charge is -2.36. The summed E-state index contributed by atoms with van der Waals surface area (Å²) in [4.78, 5) is 8.08. The number of rotatable bonds is 3. The molecule has 0 aromatic carbocycles. The number of aromatic nitrogens is 2. The molecule has 0 saturated carbocycles. The number of anilines is 1. The molecule has 0 amide bonds. The van der Waals surface area contributed by atoms with Crippen molar-refractivity contribution >= 4 is 16.0 Å². The summed E-state index contributed by atoms with van der Waals surface area (Å²) in [6.07, 6.45) is 3.37. The zero-order chi connectivity index (χ0) is 14.2. The van der Waals surface area contributed by atoms with Gasteiger partial charge in [-0.3, -0.25) is 0 Å². The highest BCUT2D eigenvalue weighted by Gasteiger charge is 2.39. The van der Waals surface area contributed by atoms with Crippen molar-refractivity contribution in [3.8, 4) is 0 Å². The van der Waals surface area contributed by atoms with Crippen molar-refractivity contribution in [1.29, 1.82) is 0 Å². The van der Waals surface area contributed by atoms with Crippen LogP contribution in [-0.4, -0.2) is 54.2 Å². The van der Waals surface area contributed by atoms with Gasteiger partial charge in [0.25, 0.3) is 0 Å². The average Bonchev–Trinajstić information content (AvgIpc) is 2.36. The molecule has 0 spiro atoms. The summed E-state index contributed by atoms with van der Waals surface area (Å²) in [5, 5.41) is -0.378. The standard InChI is InChI=1S/C12H18N4O3S/c13-12-14-4-3-11(15-12)9-2-1-5-16(6-9)20(17,18)10-7-19-8-10/h3-4,9-10H,1-2,5-8H2,(H2,13,14,15). The van der Waals surface area contributed by atoms with Crippen molar-refractivity contribution in [1.82, 2.24) is 14.3 Å². The molecule has 20 heavy (non-hydrogen) atoms. The minimum Gasteiger partial charge on any atom is -0.378 e. The zero-order valence-electron chi connectivity index (χ0n) is 11.1. The molecule has 3 heterocycles. The number of ether oxygens (including phenoxy) is 1. The predicted octanol–water partition coefficient (Wildman–Crippen LogP) is -0.0332. The van der Waals surface area contributed by atoms with Gasteiger partial charge in [-0.1, -0.05) is 0 Å². The lowest BCUT2D eigenvalue weighted by molar-refractivity contribution is 0.0387.